The van der Waals surface area contributed by atoms with Crippen molar-refractivity contribution < 1.29 is 37.7 Å². The van der Waals surface area contributed by atoms with E-state index in [1.807, 2.05) is 0 Å². The van der Waals surface area contributed by atoms with Crippen LogP contribution in [0.2, 0.25) is 5.02 Å². The number of nitrogens with two attached hydrogens (primary N) is 1. The monoisotopic (exact) mass is 584 g/mol. The fraction of sp³-hybridized carbons (Fsp3) is 0.478. The lowest BCUT2D eigenvalue weighted by Crippen LogP contribution is -2.36. The number of aliphatic hydroxyl groups excluding tert-OH is 1. The van der Waals surface area contributed by atoms with Gasteiger partial charge in [-0.1, -0.05) is 18.5 Å². The second kappa shape index (κ2) is 12.0. The Hall–Kier alpha value is -3.00. The molecule has 0 amide bonds. The molecule has 0 aliphatic carbocycles. The molecule has 1 fully saturated rings. The summed E-state index contributed by atoms with van der Waals surface area (Å²) in [5.74, 6) is -0.732. The Kier molecular flexibility index (Phi) is 8.94. The highest BCUT2D eigenvalue weighted by atomic mass is 35.5. The van der Waals surface area contributed by atoms with Crippen molar-refractivity contribution in [3.63, 3.8) is 0 Å². The molecule has 6 atom stereocenters. The molecule has 16 heteroatoms. The molecule has 39 heavy (non-hydrogen) atoms. The van der Waals surface area contributed by atoms with Crippen LogP contribution in [0.3, 0.4) is 0 Å². The number of imidazole rings is 1. The number of anilines is 1. The average Bonchev–Trinajstić information content (AvgIpc) is 3.44. The molecule has 0 radical (unpaired) electrons. The van der Waals surface area contributed by atoms with Gasteiger partial charge in [0.2, 0.25) is 11.8 Å². The number of carbonyl (C=O) groups excluding carboxylic acids is 1. The summed E-state index contributed by atoms with van der Waals surface area (Å²) in [5.41, 5.74) is 6.61. The first-order valence-corrected chi connectivity index (χ1v) is 14.0. The van der Waals surface area contributed by atoms with E-state index in [2.05, 4.69) is 20.0 Å². The van der Waals surface area contributed by atoms with Crippen molar-refractivity contribution in [1.82, 2.24) is 24.6 Å². The van der Waals surface area contributed by atoms with Crippen LogP contribution >= 0.6 is 19.3 Å². The van der Waals surface area contributed by atoms with Crippen molar-refractivity contribution in [3.8, 4) is 11.6 Å². The third-order valence-electron chi connectivity index (χ3n) is 6.00. The van der Waals surface area contributed by atoms with Crippen molar-refractivity contribution >= 4 is 42.4 Å². The summed E-state index contributed by atoms with van der Waals surface area (Å²) in [5, 5.41) is 14.0. The van der Waals surface area contributed by atoms with Gasteiger partial charge in [0.25, 0.3) is 0 Å². The lowest BCUT2D eigenvalue weighted by atomic mass is 10.0. The van der Waals surface area contributed by atoms with Gasteiger partial charge in [-0.15, -0.1) is 0 Å². The van der Waals surface area contributed by atoms with E-state index in [4.69, 9.17) is 40.6 Å². The predicted molar refractivity (Wildman–Crippen MR) is 140 cm³/mol. The first-order chi connectivity index (χ1) is 18.5. The highest BCUT2D eigenvalue weighted by Gasteiger charge is 2.44. The van der Waals surface area contributed by atoms with E-state index >= 15 is 0 Å². The number of aliphatic hydroxyl groups is 1. The topological polar surface area (TPSA) is 182 Å². The average molecular weight is 585 g/mol. The number of hydrogen-bond acceptors (Lipinski definition) is 12. The maximum absolute atomic E-state index is 13.7. The van der Waals surface area contributed by atoms with E-state index in [0.717, 1.165) is 0 Å². The number of esters is 1. The Morgan fingerprint density at radius 2 is 2.05 bits per heavy atom. The summed E-state index contributed by atoms with van der Waals surface area (Å²) in [6.07, 6.45) is -1.18. The van der Waals surface area contributed by atoms with Gasteiger partial charge in [-0.25, -0.2) is 9.55 Å². The predicted octanol–water partition coefficient (Wildman–Crippen LogP) is 2.71. The molecule has 4 N–H and O–H groups in total. The maximum Gasteiger partial charge on any atom is 0.459 e. The van der Waals surface area contributed by atoms with Gasteiger partial charge >= 0.3 is 13.7 Å². The van der Waals surface area contributed by atoms with Crippen LogP contribution in [0.1, 0.15) is 27.0 Å². The summed E-state index contributed by atoms with van der Waals surface area (Å²) in [4.78, 5) is 24.7. The van der Waals surface area contributed by atoms with E-state index in [-0.39, 0.29) is 24.2 Å². The number of carbonyl (C=O) groups is 1. The Bertz CT molecular complexity index is 1360. The Labute approximate surface area is 229 Å². The third-order valence-corrected chi connectivity index (χ3v) is 7.90. The number of hydrogen-bond donors (Lipinski definition) is 3. The number of halogens is 1. The zero-order chi connectivity index (χ0) is 28.3. The number of benzene rings is 1. The van der Waals surface area contributed by atoms with Gasteiger partial charge in [0.15, 0.2) is 11.2 Å². The molecule has 1 aromatic carbocycles. The van der Waals surface area contributed by atoms with Gasteiger partial charge in [-0.3, -0.25) is 13.9 Å². The number of nitrogens with one attached hydrogen (secondary N) is 1. The van der Waals surface area contributed by atoms with Crippen molar-refractivity contribution in [3.05, 3.63) is 35.6 Å². The molecule has 212 valence electrons. The minimum atomic E-state index is -4.18. The number of aromatic nitrogens is 4. The summed E-state index contributed by atoms with van der Waals surface area (Å²) in [7, 11) is -2.98. The maximum atomic E-state index is 13.7. The molecule has 0 bridgehead atoms. The molecular formula is C23H30ClN6O8P. The molecule has 2 aromatic heterocycles. The molecule has 0 spiro atoms. The number of nitrogens with zero attached hydrogens (tertiary/aromatic N) is 4. The third kappa shape index (κ3) is 6.43. The van der Waals surface area contributed by atoms with Crippen LogP contribution in [0.4, 0.5) is 5.95 Å². The zero-order valence-corrected chi connectivity index (χ0v) is 23.3. The van der Waals surface area contributed by atoms with Crippen molar-refractivity contribution in [1.29, 1.82) is 0 Å². The molecule has 1 aliphatic heterocycles. The largest absolute Gasteiger partial charge is 0.476 e. The van der Waals surface area contributed by atoms with Crippen LogP contribution in [0.5, 0.6) is 11.6 Å². The van der Waals surface area contributed by atoms with E-state index in [1.54, 1.807) is 30.5 Å². The van der Waals surface area contributed by atoms with Crippen LogP contribution in [0.15, 0.2) is 30.6 Å². The van der Waals surface area contributed by atoms with E-state index < -0.39 is 44.1 Å². The van der Waals surface area contributed by atoms with Crippen molar-refractivity contribution in [2.75, 3.05) is 26.1 Å². The van der Waals surface area contributed by atoms with Crippen LogP contribution in [-0.2, 0) is 23.4 Å². The van der Waals surface area contributed by atoms with Crippen LogP contribution in [-0.4, -0.2) is 69.2 Å². The molecule has 1 aliphatic rings. The minimum absolute atomic E-state index is 0.00938. The zero-order valence-electron chi connectivity index (χ0n) is 21.7. The molecule has 4 rings (SSSR count). The first-order valence-electron chi connectivity index (χ1n) is 12.1. The molecule has 3 aromatic rings. The lowest BCUT2D eigenvalue weighted by Gasteiger charge is -2.24. The van der Waals surface area contributed by atoms with Gasteiger partial charge in [0.1, 0.15) is 24.1 Å². The number of fused-ring (bicyclic) bond motifs is 1. The summed E-state index contributed by atoms with van der Waals surface area (Å²) in [6.45, 7) is 5.03. The van der Waals surface area contributed by atoms with Gasteiger partial charge in [-0.2, -0.15) is 15.1 Å². The van der Waals surface area contributed by atoms with Gasteiger partial charge in [0, 0.05) is 10.9 Å². The molecule has 1 saturated heterocycles. The van der Waals surface area contributed by atoms with E-state index in [1.165, 1.54) is 32.5 Å². The molecule has 3 heterocycles. The summed E-state index contributed by atoms with van der Waals surface area (Å²) in [6, 6.07) is 5.05. The van der Waals surface area contributed by atoms with Crippen LogP contribution in [0, 0.1) is 5.92 Å². The summed E-state index contributed by atoms with van der Waals surface area (Å²) >= 11 is 5.92. The Morgan fingerprint density at radius 1 is 1.33 bits per heavy atom. The first kappa shape index (κ1) is 29.0. The Morgan fingerprint density at radius 3 is 2.72 bits per heavy atom. The second-order valence-corrected chi connectivity index (χ2v) is 10.9. The highest BCUT2D eigenvalue weighted by molar-refractivity contribution is 7.52. The number of nitrogen functional groups attached to an aromatic ring is 1. The standard InChI is InChI=1S/C23H30ClN6O8P/c1-5-35-20-17-19(27-23(25)28-20)30(11-26-17)21-12(2)18(31)16(37-21)10-36-39(33,29-13(3)22(32)34-4)38-15-8-6-14(24)7-9-15/h6-9,11-13,16,18,21,31H,5,10H2,1-4H3,(H,29,33)(H2,25,27,28)/t12-,13-,16+,18-,21+,39?/m0/s1. The molecule has 1 unspecified atom stereocenters. The number of ether oxygens (including phenoxy) is 3. The van der Waals surface area contributed by atoms with Gasteiger partial charge in [-0.05, 0) is 38.1 Å². The van der Waals surface area contributed by atoms with E-state index in [9.17, 15) is 14.5 Å². The molecule has 14 nitrogen and oxygen atoms in total. The van der Waals surface area contributed by atoms with Crippen LogP contribution in [0.25, 0.3) is 11.2 Å². The quantitative estimate of drug-likeness (QED) is 0.221. The van der Waals surface area contributed by atoms with Crippen LogP contribution < -0.4 is 20.1 Å². The van der Waals surface area contributed by atoms with Gasteiger partial charge < -0.3 is 29.6 Å². The molecule has 0 saturated carbocycles. The summed E-state index contributed by atoms with van der Waals surface area (Å²) < 4.78 is 42.9. The smallest absolute Gasteiger partial charge is 0.459 e. The SMILES string of the molecule is CCOc1nc(N)nc2c1ncn2[C@@H]1O[C@H](COP(=O)(N[C@@H](C)C(=O)OC)Oc2ccc(Cl)cc2)[C@@H](O)[C@@H]1C. The fourth-order valence-electron chi connectivity index (χ4n) is 4.04. The van der Waals surface area contributed by atoms with Crippen molar-refractivity contribution in [2.45, 2.75) is 45.2 Å². The van der Waals surface area contributed by atoms with Gasteiger partial charge in [0.05, 0.1) is 32.8 Å². The van der Waals surface area contributed by atoms with E-state index in [0.29, 0.717) is 22.8 Å². The number of rotatable bonds is 11. The fourth-order valence-corrected chi connectivity index (χ4v) is 5.67. The normalized spacial score (nSPS) is 23.3. The number of methoxy groups -OCH3 is 1. The highest BCUT2D eigenvalue weighted by Crippen LogP contribution is 2.47. The lowest BCUT2D eigenvalue weighted by molar-refractivity contribution is -0.142. The van der Waals surface area contributed by atoms with Crippen molar-refractivity contribution in [2.24, 2.45) is 5.92 Å². The molecular weight excluding hydrogens is 555 g/mol. The Balaban J connectivity index is 1.54. The minimum Gasteiger partial charge on any atom is -0.476 e. The second-order valence-electron chi connectivity index (χ2n) is 8.77.